The molecule has 0 bridgehead atoms. The van der Waals surface area contributed by atoms with E-state index in [0.29, 0.717) is 24.1 Å². The lowest BCUT2D eigenvalue weighted by Gasteiger charge is -2.26. The molecule has 30 heavy (non-hydrogen) atoms. The number of nitrogens with one attached hydrogen (secondary N) is 2. The van der Waals surface area contributed by atoms with E-state index in [1.807, 2.05) is 0 Å². The lowest BCUT2D eigenvalue weighted by molar-refractivity contribution is -0.261. The van der Waals surface area contributed by atoms with Gasteiger partial charge in [0.2, 0.25) is 5.60 Å². The van der Waals surface area contributed by atoms with Gasteiger partial charge in [-0.15, -0.1) is 0 Å². The number of aliphatic hydroxyl groups is 1. The van der Waals surface area contributed by atoms with E-state index in [-0.39, 0.29) is 17.4 Å². The molecule has 3 N–H and O–H groups in total. The van der Waals surface area contributed by atoms with Crippen molar-refractivity contribution in [2.24, 2.45) is 0 Å². The Hall–Kier alpha value is -2.99. The average Bonchev–Trinajstić information content (AvgIpc) is 3.35. The first kappa shape index (κ1) is 20.3. The largest absolute Gasteiger partial charge is 0.495 e. The SMILES string of the molecule is COc1cc2ncc(-c3cncc(NC4CCNC4)n3)n2nc1C(C)(O)C(F)(F)F. The first-order valence-corrected chi connectivity index (χ1v) is 9.22. The molecule has 4 rings (SSSR count). The van der Waals surface area contributed by atoms with E-state index in [0.717, 1.165) is 19.5 Å². The highest BCUT2D eigenvalue weighted by atomic mass is 19.4. The van der Waals surface area contributed by atoms with Gasteiger partial charge in [-0.25, -0.2) is 14.5 Å². The number of alkyl halides is 3. The van der Waals surface area contributed by atoms with E-state index >= 15 is 0 Å². The van der Waals surface area contributed by atoms with Gasteiger partial charge in [0.05, 0.1) is 25.7 Å². The maximum atomic E-state index is 13.4. The third kappa shape index (κ3) is 3.52. The van der Waals surface area contributed by atoms with Crippen LogP contribution < -0.4 is 15.4 Å². The quantitative estimate of drug-likeness (QED) is 0.569. The van der Waals surface area contributed by atoms with Crippen molar-refractivity contribution in [1.82, 2.24) is 29.9 Å². The van der Waals surface area contributed by atoms with Gasteiger partial charge >= 0.3 is 6.18 Å². The van der Waals surface area contributed by atoms with Crippen molar-refractivity contribution in [3.05, 3.63) is 30.4 Å². The van der Waals surface area contributed by atoms with Gasteiger partial charge in [0.1, 0.15) is 28.6 Å². The second kappa shape index (κ2) is 7.36. The number of imidazole rings is 1. The van der Waals surface area contributed by atoms with Gasteiger partial charge in [0.15, 0.2) is 5.65 Å². The summed E-state index contributed by atoms with van der Waals surface area (Å²) in [7, 11) is 1.20. The zero-order chi connectivity index (χ0) is 21.5. The van der Waals surface area contributed by atoms with Gasteiger partial charge in [-0.1, -0.05) is 0 Å². The maximum absolute atomic E-state index is 13.4. The molecule has 160 valence electrons. The molecule has 4 heterocycles. The Bertz CT molecular complexity index is 1060. The van der Waals surface area contributed by atoms with E-state index in [1.54, 1.807) is 6.20 Å². The van der Waals surface area contributed by atoms with Crippen molar-refractivity contribution in [3.8, 4) is 17.1 Å². The highest BCUT2D eigenvalue weighted by molar-refractivity contribution is 5.61. The summed E-state index contributed by atoms with van der Waals surface area (Å²) in [4.78, 5) is 12.8. The molecule has 3 aromatic rings. The molecular formula is C18H20F3N7O2. The summed E-state index contributed by atoms with van der Waals surface area (Å²) in [5.41, 5.74) is -2.97. The number of aromatic nitrogens is 5. The molecule has 12 heteroatoms. The van der Waals surface area contributed by atoms with Crippen LogP contribution in [-0.2, 0) is 5.60 Å². The van der Waals surface area contributed by atoms with Crippen LogP contribution in [0.3, 0.4) is 0 Å². The van der Waals surface area contributed by atoms with Gasteiger partial charge in [-0.3, -0.25) is 4.98 Å². The fraction of sp³-hybridized carbons (Fsp3) is 0.444. The second-order valence-electron chi connectivity index (χ2n) is 7.17. The first-order chi connectivity index (χ1) is 14.2. The number of fused-ring (bicyclic) bond motifs is 1. The van der Waals surface area contributed by atoms with Gasteiger partial charge in [0.25, 0.3) is 0 Å². The highest BCUT2D eigenvalue weighted by Crippen LogP contribution is 2.41. The molecule has 0 saturated carbocycles. The van der Waals surface area contributed by atoms with E-state index in [1.165, 1.54) is 30.1 Å². The van der Waals surface area contributed by atoms with Crippen LogP contribution >= 0.6 is 0 Å². The van der Waals surface area contributed by atoms with Crippen LogP contribution in [0.2, 0.25) is 0 Å². The number of rotatable bonds is 5. The minimum atomic E-state index is -4.96. The summed E-state index contributed by atoms with van der Waals surface area (Å²) >= 11 is 0. The number of ether oxygens (including phenoxy) is 1. The molecule has 0 spiro atoms. The van der Waals surface area contributed by atoms with Crippen LogP contribution in [0.25, 0.3) is 17.0 Å². The third-order valence-electron chi connectivity index (χ3n) is 5.00. The molecule has 0 aliphatic carbocycles. The second-order valence-corrected chi connectivity index (χ2v) is 7.17. The van der Waals surface area contributed by atoms with Crippen molar-refractivity contribution in [2.45, 2.75) is 31.2 Å². The van der Waals surface area contributed by atoms with Crippen LogP contribution in [0.1, 0.15) is 19.0 Å². The van der Waals surface area contributed by atoms with Crippen LogP contribution in [0.15, 0.2) is 24.7 Å². The third-order valence-corrected chi connectivity index (χ3v) is 5.00. The average molecular weight is 423 g/mol. The Labute approximate surface area is 169 Å². The van der Waals surface area contributed by atoms with Crippen molar-refractivity contribution >= 4 is 11.5 Å². The van der Waals surface area contributed by atoms with Crippen LogP contribution in [0, 0.1) is 0 Å². The molecular weight excluding hydrogens is 403 g/mol. The molecule has 0 radical (unpaired) electrons. The predicted molar refractivity (Wildman–Crippen MR) is 101 cm³/mol. The number of methoxy groups -OCH3 is 1. The zero-order valence-electron chi connectivity index (χ0n) is 16.2. The molecule has 0 amide bonds. The molecule has 1 aliphatic heterocycles. The van der Waals surface area contributed by atoms with E-state index in [4.69, 9.17) is 4.74 Å². The number of hydrogen-bond donors (Lipinski definition) is 3. The Morgan fingerprint density at radius 3 is 2.77 bits per heavy atom. The predicted octanol–water partition coefficient (Wildman–Crippen LogP) is 1.74. The van der Waals surface area contributed by atoms with Gasteiger partial charge < -0.3 is 20.5 Å². The topological polar surface area (TPSA) is 109 Å². The van der Waals surface area contributed by atoms with Crippen molar-refractivity contribution in [2.75, 3.05) is 25.5 Å². The molecule has 1 fully saturated rings. The number of hydrogen-bond acceptors (Lipinski definition) is 8. The smallest absolute Gasteiger partial charge is 0.422 e. The summed E-state index contributed by atoms with van der Waals surface area (Å²) in [6.07, 6.45) is 0.453. The lowest BCUT2D eigenvalue weighted by Crippen LogP contribution is -2.40. The molecule has 9 nitrogen and oxygen atoms in total. The fourth-order valence-electron chi connectivity index (χ4n) is 3.25. The summed E-state index contributed by atoms with van der Waals surface area (Å²) in [6.45, 7) is 2.34. The molecule has 0 aromatic carbocycles. The van der Waals surface area contributed by atoms with Crippen LogP contribution in [0.4, 0.5) is 19.0 Å². The van der Waals surface area contributed by atoms with Crippen LogP contribution in [-0.4, -0.2) is 62.1 Å². The molecule has 1 saturated heterocycles. The van der Waals surface area contributed by atoms with Gasteiger partial charge in [0, 0.05) is 18.7 Å². The minimum absolute atomic E-state index is 0.215. The number of halogens is 3. The zero-order valence-corrected chi connectivity index (χ0v) is 16.2. The normalized spacial score (nSPS) is 19.1. The summed E-state index contributed by atoms with van der Waals surface area (Å²) in [6, 6.07) is 1.50. The van der Waals surface area contributed by atoms with E-state index < -0.39 is 17.5 Å². The number of anilines is 1. The van der Waals surface area contributed by atoms with Crippen LogP contribution in [0.5, 0.6) is 5.75 Å². The minimum Gasteiger partial charge on any atom is -0.495 e. The molecule has 1 aliphatic rings. The Morgan fingerprint density at radius 1 is 1.30 bits per heavy atom. The van der Waals surface area contributed by atoms with Crippen molar-refractivity contribution in [3.63, 3.8) is 0 Å². The first-order valence-electron chi connectivity index (χ1n) is 9.22. The number of nitrogens with zero attached hydrogens (tertiary/aromatic N) is 5. The maximum Gasteiger partial charge on any atom is 0.422 e. The summed E-state index contributed by atoms with van der Waals surface area (Å²) in [5, 5.41) is 20.7. The summed E-state index contributed by atoms with van der Waals surface area (Å²) < 4.78 is 46.5. The standard InChI is InChI=1S/C18H20F3N7O2/c1-17(29,18(19,20)21)16-13(30-2)5-15-24-8-12(28(15)27-16)11-7-23-9-14(26-11)25-10-3-4-22-6-10/h5,7-10,22,29H,3-4,6H2,1-2H3,(H,25,26). The Morgan fingerprint density at radius 2 is 2.10 bits per heavy atom. The van der Waals surface area contributed by atoms with Crippen molar-refractivity contribution < 1.29 is 23.0 Å². The molecule has 2 unspecified atom stereocenters. The summed E-state index contributed by atoms with van der Waals surface area (Å²) in [5.74, 6) is 0.310. The van der Waals surface area contributed by atoms with E-state index in [2.05, 4.69) is 30.7 Å². The fourth-order valence-corrected chi connectivity index (χ4v) is 3.25. The highest BCUT2D eigenvalue weighted by Gasteiger charge is 2.54. The van der Waals surface area contributed by atoms with Crippen molar-refractivity contribution in [1.29, 1.82) is 0 Å². The lowest BCUT2D eigenvalue weighted by atomic mass is 10.0. The Kier molecular flexibility index (Phi) is 4.98. The molecule has 3 aromatic heterocycles. The van der Waals surface area contributed by atoms with E-state index in [9.17, 15) is 18.3 Å². The van der Waals surface area contributed by atoms with Gasteiger partial charge in [-0.05, 0) is 19.9 Å². The Balaban J connectivity index is 1.78. The van der Waals surface area contributed by atoms with Gasteiger partial charge in [-0.2, -0.15) is 18.3 Å². The molecule has 2 atom stereocenters. The monoisotopic (exact) mass is 423 g/mol.